The molecule has 140 valence electrons. The number of hydrogen-bond acceptors (Lipinski definition) is 7. The Labute approximate surface area is 158 Å². The number of rotatable bonds is 6. The largest absolute Gasteiger partial charge is 0.452 e. The summed E-state index contributed by atoms with van der Waals surface area (Å²) in [5.74, 6) is -0.298. The van der Waals surface area contributed by atoms with E-state index in [0.29, 0.717) is 11.6 Å². The first kappa shape index (κ1) is 18.9. The number of nitrogens with zero attached hydrogens (tertiary/aromatic N) is 1. The Balaban J connectivity index is 1.70. The van der Waals surface area contributed by atoms with Crippen LogP contribution in [0.5, 0.6) is 0 Å². The van der Waals surface area contributed by atoms with Gasteiger partial charge in [-0.1, -0.05) is 0 Å². The van der Waals surface area contributed by atoms with E-state index in [1.54, 1.807) is 18.3 Å². The summed E-state index contributed by atoms with van der Waals surface area (Å²) >= 11 is 2.89. The molecule has 0 aliphatic heterocycles. The number of carbonyl (C=O) groups is 2. The van der Waals surface area contributed by atoms with Crippen LogP contribution in [-0.2, 0) is 32.9 Å². The highest BCUT2D eigenvalue weighted by molar-refractivity contribution is 7.99. The molecule has 2 aromatic heterocycles. The molecule has 0 aromatic carbocycles. The smallest absolute Gasteiger partial charge is 0.319 e. The Kier molecular flexibility index (Phi) is 5.67. The van der Waals surface area contributed by atoms with Crippen LogP contribution in [-0.4, -0.2) is 33.2 Å². The van der Waals surface area contributed by atoms with Crippen LogP contribution in [0.3, 0.4) is 0 Å². The predicted octanol–water partition coefficient (Wildman–Crippen LogP) is 1.90. The fourth-order valence-electron chi connectivity index (χ4n) is 2.88. The first-order valence-corrected chi connectivity index (χ1v) is 10.4. The van der Waals surface area contributed by atoms with Crippen molar-refractivity contribution in [1.29, 1.82) is 0 Å². The average molecular weight is 396 g/mol. The molecule has 0 spiro atoms. The van der Waals surface area contributed by atoms with E-state index in [4.69, 9.17) is 10.5 Å². The zero-order valence-electron chi connectivity index (χ0n) is 14.7. The number of nitrogens with two attached hydrogens (primary N) is 1. The van der Waals surface area contributed by atoms with E-state index in [1.165, 1.54) is 23.6 Å². The number of fused-ring (bicyclic) bond motifs is 3. The maximum absolute atomic E-state index is 12.5. The summed E-state index contributed by atoms with van der Waals surface area (Å²) in [5, 5.41) is 0.218. The number of H-pyrrole nitrogens is 1. The lowest BCUT2D eigenvalue weighted by molar-refractivity contribution is -0.152. The molecular weight excluding hydrogens is 374 g/mol. The molecule has 26 heavy (non-hydrogen) atoms. The first-order chi connectivity index (χ1) is 12.4. The predicted molar refractivity (Wildman–Crippen MR) is 102 cm³/mol. The highest BCUT2D eigenvalue weighted by Crippen LogP contribution is 2.33. The van der Waals surface area contributed by atoms with E-state index in [1.807, 2.05) is 0 Å². The van der Waals surface area contributed by atoms with Gasteiger partial charge in [-0.05, 0) is 45.1 Å². The monoisotopic (exact) mass is 395 g/mol. The Morgan fingerprint density at radius 3 is 2.81 bits per heavy atom. The molecule has 1 amide bonds. The number of aryl methyl sites for hydroxylation is 2. The van der Waals surface area contributed by atoms with Crippen molar-refractivity contribution in [3.63, 3.8) is 0 Å². The fourth-order valence-corrected chi connectivity index (χ4v) is 4.89. The normalized spacial score (nSPS) is 16.1. The maximum Gasteiger partial charge on any atom is 0.319 e. The summed E-state index contributed by atoms with van der Waals surface area (Å²) in [5.41, 5.74) is 6.13. The summed E-state index contributed by atoms with van der Waals surface area (Å²) in [6.45, 7) is 3.12. The van der Waals surface area contributed by atoms with Gasteiger partial charge in [0.1, 0.15) is 15.9 Å². The Morgan fingerprint density at radius 2 is 2.08 bits per heavy atom. The number of thiophene rings is 1. The number of nitrogens with one attached hydrogen (secondary N) is 1. The van der Waals surface area contributed by atoms with Crippen LogP contribution in [0.25, 0.3) is 10.2 Å². The summed E-state index contributed by atoms with van der Waals surface area (Å²) < 4.78 is 4.99. The summed E-state index contributed by atoms with van der Waals surface area (Å²) in [4.78, 5) is 44.9. The molecule has 1 aliphatic carbocycles. The zero-order valence-corrected chi connectivity index (χ0v) is 16.3. The third-order valence-corrected chi connectivity index (χ3v) is 6.69. The van der Waals surface area contributed by atoms with Gasteiger partial charge in [-0.2, -0.15) is 0 Å². The molecule has 2 aromatic rings. The molecule has 0 saturated carbocycles. The summed E-state index contributed by atoms with van der Waals surface area (Å²) in [6.07, 6.45) is 3.26. The number of ether oxygens (including phenoxy) is 1. The minimum atomic E-state index is -0.961. The molecular formula is C17H21N3O4S2. The molecule has 0 radical (unpaired) electrons. The van der Waals surface area contributed by atoms with Crippen LogP contribution in [0.15, 0.2) is 4.79 Å². The van der Waals surface area contributed by atoms with Gasteiger partial charge in [0.25, 0.3) is 11.5 Å². The number of aromatic nitrogens is 2. The minimum Gasteiger partial charge on any atom is -0.452 e. The number of carbonyl (C=O) groups excluding carboxylic acids is 2. The summed E-state index contributed by atoms with van der Waals surface area (Å²) in [7, 11) is 0. The van der Waals surface area contributed by atoms with Gasteiger partial charge in [0.2, 0.25) is 0 Å². The van der Waals surface area contributed by atoms with E-state index in [0.717, 1.165) is 41.5 Å². The van der Waals surface area contributed by atoms with Crippen LogP contribution < -0.4 is 11.3 Å². The van der Waals surface area contributed by atoms with E-state index in [2.05, 4.69) is 9.97 Å². The topological polar surface area (TPSA) is 115 Å². The second-order valence-corrected chi connectivity index (χ2v) is 8.75. The number of primary amides is 1. The summed E-state index contributed by atoms with van der Waals surface area (Å²) in [6, 6.07) is 0. The van der Waals surface area contributed by atoms with Gasteiger partial charge in [0, 0.05) is 4.88 Å². The molecule has 0 fully saturated rings. The van der Waals surface area contributed by atoms with Crippen LogP contribution in [0.1, 0.15) is 43.0 Å². The molecule has 0 unspecified atom stereocenters. The van der Waals surface area contributed by atoms with Crippen molar-refractivity contribution in [3.05, 3.63) is 26.6 Å². The standard InChI is InChI=1S/C17H21N3O4S2/c1-8(14(18)21)24-17(23)9(2)25-7-12-19-15(22)13-10-5-3-4-6-11(10)26-16(13)20-12/h8-9H,3-7H2,1-2H3,(H2,18,21)(H,19,20,22)/t8-,9+/m1/s1. The van der Waals surface area contributed by atoms with Crippen LogP contribution in [0.4, 0.5) is 0 Å². The first-order valence-electron chi connectivity index (χ1n) is 8.51. The average Bonchev–Trinajstić information content (AvgIpc) is 2.98. The molecule has 2 heterocycles. The molecule has 3 N–H and O–H groups in total. The lowest BCUT2D eigenvalue weighted by atomic mass is 9.97. The number of amides is 1. The van der Waals surface area contributed by atoms with Gasteiger partial charge in [-0.25, -0.2) is 4.98 Å². The molecule has 2 atom stereocenters. The molecule has 3 rings (SSSR count). The highest BCUT2D eigenvalue weighted by Gasteiger charge is 2.22. The zero-order chi connectivity index (χ0) is 18.8. The van der Waals surface area contributed by atoms with Gasteiger partial charge in [-0.15, -0.1) is 23.1 Å². The van der Waals surface area contributed by atoms with E-state index < -0.39 is 23.2 Å². The van der Waals surface area contributed by atoms with Gasteiger partial charge < -0.3 is 15.5 Å². The molecule has 0 saturated heterocycles. The Bertz CT molecular complexity index is 905. The van der Waals surface area contributed by atoms with Crippen molar-refractivity contribution >= 4 is 45.2 Å². The van der Waals surface area contributed by atoms with E-state index in [-0.39, 0.29) is 5.56 Å². The second-order valence-electron chi connectivity index (χ2n) is 6.34. The van der Waals surface area contributed by atoms with Crippen LogP contribution >= 0.6 is 23.1 Å². The quantitative estimate of drug-likeness (QED) is 0.722. The maximum atomic E-state index is 12.5. The van der Waals surface area contributed by atoms with Crippen molar-refractivity contribution in [2.24, 2.45) is 5.73 Å². The third-order valence-electron chi connectivity index (χ3n) is 4.37. The Hall–Kier alpha value is -1.87. The van der Waals surface area contributed by atoms with Gasteiger partial charge in [0.15, 0.2) is 6.10 Å². The third kappa shape index (κ3) is 3.93. The van der Waals surface area contributed by atoms with Crippen molar-refractivity contribution in [3.8, 4) is 0 Å². The van der Waals surface area contributed by atoms with Crippen LogP contribution in [0.2, 0.25) is 0 Å². The van der Waals surface area contributed by atoms with Crippen molar-refractivity contribution in [2.45, 2.75) is 56.6 Å². The second kappa shape index (κ2) is 7.79. The van der Waals surface area contributed by atoms with Crippen LogP contribution in [0, 0.1) is 0 Å². The number of hydrogen-bond donors (Lipinski definition) is 2. The van der Waals surface area contributed by atoms with Gasteiger partial charge in [-0.3, -0.25) is 14.4 Å². The van der Waals surface area contributed by atoms with E-state index in [9.17, 15) is 14.4 Å². The molecule has 7 nitrogen and oxygen atoms in total. The van der Waals surface area contributed by atoms with Crippen molar-refractivity contribution < 1.29 is 14.3 Å². The van der Waals surface area contributed by atoms with Crippen molar-refractivity contribution in [1.82, 2.24) is 9.97 Å². The molecule has 1 aliphatic rings. The number of aromatic amines is 1. The SMILES string of the molecule is C[C@H](SCc1nc2sc3c(c2c(=O)[nH]1)CCCC3)C(=O)O[C@H](C)C(N)=O. The van der Waals surface area contributed by atoms with Gasteiger partial charge in [0.05, 0.1) is 11.1 Å². The lowest BCUT2D eigenvalue weighted by Gasteiger charge is -2.14. The Morgan fingerprint density at radius 1 is 1.35 bits per heavy atom. The lowest BCUT2D eigenvalue weighted by Crippen LogP contribution is -2.33. The van der Waals surface area contributed by atoms with Crippen molar-refractivity contribution in [2.75, 3.05) is 0 Å². The minimum absolute atomic E-state index is 0.109. The molecule has 0 bridgehead atoms. The van der Waals surface area contributed by atoms with E-state index >= 15 is 0 Å². The molecule has 9 heteroatoms. The number of thioether (sulfide) groups is 1. The highest BCUT2D eigenvalue weighted by atomic mass is 32.2. The fraction of sp³-hybridized carbons (Fsp3) is 0.529. The van der Waals surface area contributed by atoms with Gasteiger partial charge >= 0.3 is 5.97 Å². The number of esters is 1.